The van der Waals surface area contributed by atoms with Crippen LogP contribution >= 0.6 is 11.6 Å². The molecule has 0 saturated carbocycles. The first-order chi connectivity index (χ1) is 15.0. The predicted octanol–water partition coefficient (Wildman–Crippen LogP) is 6.60. The number of carboxylic acid groups (broad SMARTS) is 1. The summed E-state index contributed by atoms with van der Waals surface area (Å²) in [6.45, 7) is 0. The van der Waals surface area contributed by atoms with Gasteiger partial charge in [-0.2, -0.15) is 0 Å². The summed E-state index contributed by atoms with van der Waals surface area (Å²) in [5.41, 5.74) is 4.46. The molecule has 0 aliphatic heterocycles. The van der Waals surface area contributed by atoms with Gasteiger partial charge in [0.05, 0.1) is 11.2 Å². The van der Waals surface area contributed by atoms with Crippen molar-refractivity contribution in [1.82, 2.24) is 4.98 Å². The second-order valence-electron chi connectivity index (χ2n) is 7.16. The van der Waals surface area contributed by atoms with Gasteiger partial charge in [-0.15, -0.1) is 11.6 Å². The first-order valence-corrected chi connectivity index (χ1v) is 10.3. The highest BCUT2D eigenvalue weighted by Crippen LogP contribution is 2.34. The van der Waals surface area contributed by atoms with Crippen LogP contribution in [-0.2, 0) is 17.1 Å². The van der Waals surface area contributed by atoms with Gasteiger partial charge in [-0.1, -0.05) is 42.5 Å². The van der Waals surface area contributed by atoms with Crippen LogP contribution in [0, 0.1) is 11.6 Å². The molecule has 0 fully saturated rings. The number of rotatable bonds is 6. The summed E-state index contributed by atoms with van der Waals surface area (Å²) in [6, 6.07) is 18.0. The number of aromatic nitrogens is 1. The average molecular weight is 438 g/mol. The number of carbonyl (C=O) groups is 1. The molecule has 0 radical (unpaired) electrons. The Morgan fingerprint density at radius 1 is 0.935 bits per heavy atom. The highest BCUT2D eigenvalue weighted by molar-refractivity contribution is 6.18. The van der Waals surface area contributed by atoms with E-state index >= 15 is 0 Å². The van der Waals surface area contributed by atoms with E-state index < -0.39 is 11.8 Å². The van der Waals surface area contributed by atoms with Crippen LogP contribution in [0.4, 0.5) is 8.78 Å². The summed E-state index contributed by atoms with van der Waals surface area (Å²) >= 11 is 6.22. The Kier molecular flexibility index (Phi) is 5.96. The molecule has 1 heterocycles. The molecule has 156 valence electrons. The van der Waals surface area contributed by atoms with Crippen molar-refractivity contribution in [3.05, 3.63) is 89.5 Å². The number of aliphatic carboxylic acids is 1. The van der Waals surface area contributed by atoms with Crippen LogP contribution in [0.3, 0.4) is 0 Å². The van der Waals surface area contributed by atoms with Crippen LogP contribution in [0.25, 0.3) is 33.3 Å². The third kappa shape index (κ3) is 4.28. The SMILES string of the molecule is O=C(O)CCc1c(-c2ccc(-c3ccccc3F)cc2)nc2ccc(F)cc2c1CCl. The highest BCUT2D eigenvalue weighted by atomic mass is 35.5. The number of hydrogen-bond acceptors (Lipinski definition) is 2. The monoisotopic (exact) mass is 437 g/mol. The van der Waals surface area contributed by atoms with Crippen LogP contribution in [0.5, 0.6) is 0 Å². The predicted molar refractivity (Wildman–Crippen MR) is 118 cm³/mol. The Bertz CT molecular complexity index is 1270. The van der Waals surface area contributed by atoms with Crippen molar-refractivity contribution in [3.8, 4) is 22.4 Å². The molecule has 3 aromatic carbocycles. The lowest BCUT2D eigenvalue weighted by Gasteiger charge is -2.16. The van der Waals surface area contributed by atoms with Gasteiger partial charge in [0, 0.05) is 28.8 Å². The normalized spacial score (nSPS) is 11.1. The van der Waals surface area contributed by atoms with E-state index in [-0.39, 0.29) is 24.5 Å². The Hall–Kier alpha value is -3.31. The summed E-state index contributed by atoms with van der Waals surface area (Å²) < 4.78 is 28.0. The Labute approximate surface area is 182 Å². The Balaban J connectivity index is 1.87. The van der Waals surface area contributed by atoms with Gasteiger partial charge in [-0.25, -0.2) is 13.8 Å². The zero-order valence-electron chi connectivity index (χ0n) is 16.4. The van der Waals surface area contributed by atoms with E-state index in [0.29, 0.717) is 33.3 Å². The topological polar surface area (TPSA) is 50.2 Å². The summed E-state index contributed by atoms with van der Waals surface area (Å²) in [7, 11) is 0. The Morgan fingerprint density at radius 2 is 1.65 bits per heavy atom. The molecule has 1 aromatic heterocycles. The van der Waals surface area contributed by atoms with Gasteiger partial charge in [-0.05, 0) is 47.4 Å². The van der Waals surface area contributed by atoms with Crippen LogP contribution < -0.4 is 0 Å². The molecule has 31 heavy (non-hydrogen) atoms. The summed E-state index contributed by atoms with van der Waals surface area (Å²) in [5, 5.41) is 9.77. The highest BCUT2D eigenvalue weighted by Gasteiger charge is 2.18. The van der Waals surface area contributed by atoms with E-state index in [0.717, 1.165) is 11.1 Å². The van der Waals surface area contributed by atoms with Gasteiger partial charge in [0.2, 0.25) is 0 Å². The largest absolute Gasteiger partial charge is 0.481 e. The first kappa shape index (κ1) is 20.9. The summed E-state index contributed by atoms with van der Waals surface area (Å²) in [4.78, 5) is 15.9. The summed E-state index contributed by atoms with van der Waals surface area (Å²) in [5.74, 6) is -1.57. The fourth-order valence-electron chi connectivity index (χ4n) is 3.74. The van der Waals surface area contributed by atoms with Crippen molar-refractivity contribution in [3.63, 3.8) is 0 Å². The second kappa shape index (κ2) is 8.82. The third-order valence-electron chi connectivity index (χ3n) is 5.23. The number of halogens is 3. The average Bonchev–Trinajstić information content (AvgIpc) is 2.77. The van der Waals surface area contributed by atoms with E-state index in [1.807, 2.05) is 12.1 Å². The lowest BCUT2D eigenvalue weighted by Crippen LogP contribution is -2.05. The van der Waals surface area contributed by atoms with Crippen molar-refractivity contribution in [2.45, 2.75) is 18.7 Å². The number of nitrogens with zero attached hydrogens (tertiary/aromatic N) is 1. The molecule has 0 amide bonds. The van der Waals surface area contributed by atoms with E-state index in [4.69, 9.17) is 16.6 Å². The molecule has 6 heteroatoms. The standard InChI is InChI=1S/C25H18ClF2NO2/c26-14-21-19(10-12-24(30)31)25(29-23-11-9-17(27)13-20(21)23)16-7-5-15(6-8-16)18-3-1-2-4-22(18)28/h1-9,11,13H,10,12,14H2,(H,30,31). The second-order valence-corrected chi connectivity index (χ2v) is 7.43. The molecule has 0 aliphatic rings. The maximum Gasteiger partial charge on any atom is 0.303 e. The van der Waals surface area contributed by atoms with Gasteiger partial charge in [0.15, 0.2) is 0 Å². The number of benzene rings is 3. The quantitative estimate of drug-likeness (QED) is 0.345. The Morgan fingerprint density at radius 3 is 2.32 bits per heavy atom. The van der Waals surface area contributed by atoms with Crippen molar-refractivity contribution in [2.75, 3.05) is 0 Å². The molecule has 4 rings (SSSR count). The molecule has 0 bridgehead atoms. The fourth-order valence-corrected chi connectivity index (χ4v) is 4.04. The third-order valence-corrected chi connectivity index (χ3v) is 5.50. The molecule has 0 spiro atoms. The number of carboxylic acids is 1. The zero-order chi connectivity index (χ0) is 22.0. The number of hydrogen-bond donors (Lipinski definition) is 1. The lowest BCUT2D eigenvalue weighted by molar-refractivity contribution is -0.136. The molecule has 3 nitrogen and oxygen atoms in total. The molecule has 0 aliphatic carbocycles. The zero-order valence-corrected chi connectivity index (χ0v) is 17.2. The number of pyridine rings is 1. The van der Waals surface area contributed by atoms with E-state index in [9.17, 15) is 18.7 Å². The molecular formula is C25H18ClF2NO2. The molecule has 1 N–H and O–H groups in total. The number of fused-ring (bicyclic) bond motifs is 1. The van der Waals surface area contributed by atoms with Crippen LogP contribution in [-0.4, -0.2) is 16.1 Å². The van der Waals surface area contributed by atoms with Gasteiger partial charge < -0.3 is 5.11 Å². The maximum atomic E-state index is 14.1. The van der Waals surface area contributed by atoms with Gasteiger partial charge in [0.1, 0.15) is 11.6 Å². The molecule has 0 saturated heterocycles. The van der Waals surface area contributed by atoms with Crippen molar-refractivity contribution >= 4 is 28.5 Å². The van der Waals surface area contributed by atoms with E-state index in [2.05, 4.69) is 0 Å². The van der Waals surface area contributed by atoms with Crippen molar-refractivity contribution in [1.29, 1.82) is 0 Å². The summed E-state index contributed by atoms with van der Waals surface area (Å²) in [6.07, 6.45) is 0.105. The molecule has 0 atom stereocenters. The van der Waals surface area contributed by atoms with Crippen molar-refractivity contribution in [2.24, 2.45) is 0 Å². The molecular weight excluding hydrogens is 420 g/mol. The maximum absolute atomic E-state index is 14.1. The minimum absolute atomic E-state index is 0.0950. The minimum Gasteiger partial charge on any atom is -0.481 e. The first-order valence-electron chi connectivity index (χ1n) is 9.72. The minimum atomic E-state index is -0.944. The van der Waals surface area contributed by atoms with Gasteiger partial charge in [-0.3, -0.25) is 4.79 Å². The fraction of sp³-hybridized carbons (Fsp3) is 0.120. The van der Waals surface area contributed by atoms with Crippen LogP contribution in [0.2, 0.25) is 0 Å². The smallest absolute Gasteiger partial charge is 0.303 e. The molecule has 4 aromatic rings. The van der Waals surface area contributed by atoms with Crippen molar-refractivity contribution < 1.29 is 18.7 Å². The number of alkyl halides is 1. The van der Waals surface area contributed by atoms with E-state index in [1.165, 1.54) is 18.2 Å². The van der Waals surface area contributed by atoms with Crippen LogP contribution in [0.15, 0.2) is 66.7 Å². The van der Waals surface area contributed by atoms with Gasteiger partial charge in [0.25, 0.3) is 0 Å². The van der Waals surface area contributed by atoms with Gasteiger partial charge >= 0.3 is 5.97 Å². The van der Waals surface area contributed by atoms with E-state index in [1.54, 1.807) is 36.4 Å². The lowest BCUT2D eigenvalue weighted by atomic mass is 9.93. The molecule has 0 unspecified atom stereocenters. The van der Waals surface area contributed by atoms with Crippen LogP contribution in [0.1, 0.15) is 17.5 Å².